The molecule has 0 amide bonds. The fourth-order valence-corrected chi connectivity index (χ4v) is 4.17. The molecule has 0 aromatic carbocycles. The Kier molecular flexibility index (Phi) is 3.81. The third-order valence-corrected chi connectivity index (χ3v) is 5.64. The van der Waals surface area contributed by atoms with Gasteiger partial charge in [-0.05, 0) is 30.2 Å². The summed E-state index contributed by atoms with van der Waals surface area (Å²) in [5, 5.41) is 6.64. The molecular formula is C15H18N2OS2. The number of hydrogen-bond donors (Lipinski definition) is 2. The van der Waals surface area contributed by atoms with Gasteiger partial charge in [0, 0.05) is 16.9 Å². The fraction of sp³-hybridized carbons (Fsp3) is 0.400. The van der Waals surface area contributed by atoms with E-state index < -0.39 is 0 Å². The van der Waals surface area contributed by atoms with Crippen molar-refractivity contribution in [1.82, 2.24) is 0 Å². The van der Waals surface area contributed by atoms with Crippen molar-refractivity contribution in [2.45, 2.75) is 38.6 Å². The van der Waals surface area contributed by atoms with Crippen molar-refractivity contribution in [2.75, 3.05) is 11.1 Å². The highest BCUT2D eigenvalue weighted by atomic mass is 32.1. The number of ketones is 1. The molecule has 0 atom stereocenters. The van der Waals surface area contributed by atoms with Gasteiger partial charge < -0.3 is 11.1 Å². The van der Waals surface area contributed by atoms with Crippen molar-refractivity contribution in [3.8, 4) is 0 Å². The van der Waals surface area contributed by atoms with Crippen LogP contribution in [0.15, 0.2) is 17.5 Å². The number of nitrogens with one attached hydrogen (secondary N) is 1. The smallest absolute Gasteiger partial charge is 0.174 e. The Hall–Kier alpha value is -1.33. The van der Waals surface area contributed by atoms with Crippen LogP contribution in [0, 0.1) is 0 Å². The predicted octanol–water partition coefficient (Wildman–Crippen LogP) is 4.47. The van der Waals surface area contributed by atoms with Gasteiger partial charge in [-0.2, -0.15) is 0 Å². The number of rotatable bonds is 6. The first-order valence-electron chi connectivity index (χ1n) is 6.92. The average molecular weight is 306 g/mol. The average Bonchev–Trinajstić information content (AvgIpc) is 3.03. The molecule has 2 heterocycles. The lowest BCUT2D eigenvalue weighted by Gasteiger charge is -2.06. The fourth-order valence-electron chi connectivity index (χ4n) is 2.31. The standard InChI is InChI=1S/C15H18N2OS2/c1-2-11(18)14-13(16)12(9-5-6-9)15(20-14)17-8-10-4-3-7-19-10/h3-4,7,9,17H,2,5-6,8,16H2,1H3. The number of thiophene rings is 2. The van der Waals surface area contributed by atoms with Gasteiger partial charge in [-0.25, -0.2) is 0 Å². The van der Waals surface area contributed by atoms with E-state index in [-0.39, 0.29) is 5.78 Å². The van der Waals surface area contributed by atoms with E-state index >= 15 is 0 Å². The van der Waals surface area contributed by atoms with Crippen LogP contribution in [-0.2, 0) is 6.54 Å². The molecule has 1 saturated carbocycles. The highest BCUT2D eigenvalue weighted by molar-refractivity contribution is 7.19. The van der Waals surface area contributed by atoms with Crippen molar-refractivity contribution in [3.05, 3.63) is 32.8 Å². The summed E-state index contributed by atoms with van der Waals surface area (Å²) in [6.45, 7) is 2.69. The van der Waals surface area contributed by atoms with E-state index in [9.17, 15) is 4.79 Å². The van der Waals surface area contributed by atoms with Crippen LogP contribution in [0.3, 0.4) is 0 Å². The van der Waals surface area contributed by atoms with E-state index in [1.807, 2.05) is 6.92 Å². The summed E-state index contributed by atoms with van der Waals surface area (Å²) in [6, 6.07) is 4.17. The summed E-state index contributed by atoms with van der Waals surface area (Å²) < 4.78 is 0. The van der Waals surface area contributed by atoms with Crippen molar-refractivity contribution in [2.24, 2.45) is 0 Å². The molecule has 0 bridgehead atoms. The van der Waals surface area contributed by atoms with E-state index in [1.165, 1.54) is 34.6 Å². The maximum Gasteiger partial charge on any atom is 0.174 e. The van der Waals surface area contributed by atoms with Crippen LogP contribution >= 0.6 is 22.7 Å². The van der Waals surface area contributed by atoms with E-state index in [0.717, 1.165) is 22.1 Å². The molecular weight excluding hydrogens is 288 g/mol. The predicted molar refractivity (Wildman–Crippen MR) is 87.0 cm³/mol. The van der Waals surface area contributed by atoms with Crippen LogP contribution in [0.4, 0.5) is 10.7 Å². The number of nitrogens with two attached hydrogens (primary N) is 1. The van der Waals surface area contributed by atoms with Gasteiger partial charge >= 0.3 is 0 Å². The number of anilines is 2. The SMILES string of the molecule is CCC(=O)c1sc(NCc2cccs2)c(C2CC2)c1N. The second-order valence-electron chi connectivity index (χ2n) is 5.07. The summed E-state index contributed by atoms with van der Waals surface area (Å²) in [5.74, 6) is 0.703. The molecule has 20 heavy (non-hydrogen) atoms. The molecule has 5 heteroatoms. The van der Waals surface area contributed by atoms with Crippen molar-refractivity contribution < 1.29 is 4.79 Å². The van der Waals surface area contributed by atoms with Gasteiger partial charge in [0.05, 0.1) is 22.1 Å². The molecule has 0 radical (unpaired) electrons. The summed E-state index contributed by atoms with van der Waals surface area (Å²) >= 11 is 3.27. The summed E-state index contributed by atoms with van der Waals surface area (Å²) in [4.78, 5) is 14.0. The molecule has 0 unspecified atom stereocenters. The quantitative estimate of drug-likeness (QED) is 0.774. The van der Waals surface area contributed by atoms with Crippen LogP contribution < -0.4 is 11.1 Å². The molecule has 3 nitrogen and oxygen atoms in total. The van der Waals surface area contributed by atoms with Gasteiger partial charge in [-0.1, -0.05) is 13.0 Å². The Bertz CT molecular complexity index is 612. The molecule has 3 rings (SSSR count). The highest BCUT2D eigenvalue weighted by Gasteiger charge is 2.32. The van der Waals surface area contributed by atoms with Crippen LogP contribution in [-0.4, -0.2) is 5.78 Å². The Balaban J connectivity index is 1.86. The monoisotopic (exact) mass is 306 g/mol. The molecule has 1 fully saturated rings. The first kappa shape index (κ1) is 13.6. The lowest BCUT2D eigenvalue weighted by molar-refractivity contribution is 0.0993. The highest BCUT2D eigenvalue weighted by Crippen LogP contribution is 2.51. The van der Waals surface area contributed by atoms with E-state index in [0.29, 0.717) is 12.3 Å². The molecule has 0 aliphatic heterocycles. The Morgan fingerprint density at radius 2 is 2.30 bits per heavy atom. The molecule has 3 N–H and O–H groups in total. The van der Waals surface area contributed by atoms with Gasteiger partial charge in [0.15, 0.2) is 5.78 Å². The minimum atomic E-state index is 0.151. The molecule has 0 spiro atoms. The van der Waals surface area contributed by atoms with Gasteiger partial charge in [0.1, 0.15) is 0 Å². The second-order valence-corrected chi connectivity index (χ2v) is 7.12. The summed E-state index contributed by atoms with van der Waals surface area (Å²) in [5.41, 5.74) is 8.13. The van der Waals surface area contributed by atoms with Crippen LogP contribution in [0.5, 0.6) is 0 Å². The topological polar surface area (TPSA) is 55.1 Å². The molecule has 2 aromatic heterocycles. The zero-order valence-electron chi connectivity index (χ0n) is 11.4. The third-order valence-electron chi connectivity index (χ3n) is 3.55. The molecule has 1 aliphatic carbocycles. The Morgan fingerprint density at radius 3 is 2.90 bits per heavy atom. The summed E-state index contributed by atoms with van der Waals surface area (Å²) in [6.07, 6.45) is 2.89. The largest absolute Gasteiger partial charge is 0.397 e. The zero-order chi connectivity index (χ0) is 14.1. The molecule has 106 valence electrons. The zero-order valence-corrected chi connectivity index (χ0v) is 13.1. The second kappa shape index (κ2) is 5.58. The number of carbonyl (C=O) groups excluding carboxylic acids is 1. The van der Waals surface area contributed by atoms with E-state index in [2.05, 4.69) is 22.8 Å². The third kappa shape index (κ3) is 2.60. The number of carbonyl (C=O) groups is 1. The first-order chi connectivity index (χ1) is 9.70. The number of nitrogen functional groups attached to an aromatic ring is 1. The van der Waals surface area contributed by atoms with Crippen LogP contribution in [0.1, 0.15) is 52.2 Å². The molecule has 2 aromatic rings. The first-order valence-corrected chi connectivity index (χ1v) is 8.62. The van der Waals surface area contributed by atoms with Gasteiger partial charge in [0.2, 0.25) is 0 Å². The van der Waals surface area contributed by atoms with Crippen molar-refractivity contribution in [1.29, 1.82) is 0 Å². The van der Waals surface area contributed by atoms with E-state index in [4.69, 9.17) is 5.73 Å². The van der Waals surface area contributed by atoms with E-state index in [1.54, 1.807) is 11.3 Å². The Labute approximate surface area is 126 Å². The van der Waals surface area contributed by atoms with Crippen LogP contribution in [0.2, 0.25) is 0 Å². The van der Waals surface area contributed by atoms with Crippen LogP contribution in [0.25, 0.3) is 0 Å². The molecule has 1 aliphatic rings. The van der Waals surface area contributed by atoms with Gasteiger partial charge in [-0.3, -0.25) is 4.79 Å². The van der Waals surface area contributed by atoms with Gasteiger partial charge in [0.25, 0.3) is 0 Å². The number of Topliss-reactive ketones (excluding diaryl/α,β-unsaturated/α-hetero) is 1. The molecule has 0 saturated heterocycles. The lowest BCUT2D eigenvalue weighted by atomic mass is 10.1. The maximum absolute atomic E-state index is 12.0. The van der Waals surface area contributed by atoms with Crippen molar-refractivity contribution >= 4 is 39.1 Å². The summed E-state index contributed by atoms with van der Waals surface area (Å²) in [7, 11) is 0. The maximum atomic E-state index is 12.0. The Morgan fingerprint density at radius 1 is 1.50 bits per heavy atom. The minimum Gasteiger partial charge on any atom is -0.397 e. The number of hydrogen-bond acceptors (Lipinski definition) is 5. The minimum absolute atomic E-state index is 0.151. The normalized spacial score (nSPS) is 14.4. The van der Waals surface area contributed by atoms with Crippen molar-refractivity contribution in [3.63, 3.8) is 0 Å². The van der Waals surface area contributed by atoms with Gasteiger partial charge in [-0.15, -0.1) is 22.7 Å². The lowest BCUT2D eigenvalue weighted by Crippen LogP contribution is -2.00.